The van der Waals surface area contributed by atoms with Gasteiger partial charge in [0.15, 0.2) is 0 Å². The van der Waals surface area contributed by atoms with E-state index >= 15 is 0 Å². The van der Waals surface area contributed by atoms with Gasteiger partial charge in [-0.3, -0.25) is 0 Å². The van der Waals surface area contributed by atoms with E-state index in [1.54, 1.807) is 11.3 Å². The topological polar surface area (TPSA) is 12.0 Å². The summed E-state index contributed by atoms with van der Waals surface area (Å²) in [5, 5.41) is 6.24. The lowest BCUT2D eigenvalue weighted by atomic mass is 10.3. The van der Waals surface area contributed by atoms with Gasteiger partial charge in [0.2, 0.25) is 0 Å². The normalized spacial score (nSPS) is 10.2. The van der Waals surface area contributed by atoms with E-state index in [1.165, 1.54) is 4.88 Å². The fourth-order valence-electron chi connectivity index (χ4n) is 1.35. The highest BCUT2D eigenvalue weighted by atomic mass is 35.5. The van der Waals surface area contributed by atoms with E-state index in [4.69, 9.17) is 11.6 Å². The summed E-state index contributed by atoms with van der Waals surface area (Å²) < 4.78 is 0. The van der Waals surface area contributed by atoms with Gasteiger partial charge < -0.3 is 5.32 Å². The van der Waals surface area contributed by atoms with Crippen LogP contribution in [-0.4, -0.2) is 6.54 Å². The van der Waals surface area contributed by atoms with Crippen LogP contribution in [0.1, 0.15) is 4.88 Å². The third-order valence-electron chi connectivity index (χ3n) is 2.12. The highest BCUT2D eigenvalue weighted by Crippen LogP contribution is 2.14. The molecule has 78 valence electrons. The molecule has 1 heterocycles. The first-order valence-electron chi connectivity index (χ1n) is 4.86. The van der Waals surface area contributed by atoms with Crippen molar-refractivity contribution >= 4 is 28.6 Å². The van der Waals surface area contributed by atoms with E-state index < -0.39 is 0 Å². The number of rotatable bonds is 4. The maximum atomic E-state index is 5.80. The van der Waals surface area contributed by atoms with Gasteiger partial charge in [-0.2, -0.15) is 0 Å². The van der Waals surface area contributed by atoms with E-state index in [0.717, 1.165) is 23.7 Å². The molecule has 0 spiro atoms. The van der Waals surface area contributed by atoms with Crippen LogP contribution < -0.4 is 5.32 Å². The smallest absolute Gasteiger partial charge is 0.0407 e. The van der Waals surface area contributed by atoms with E-state index in [2.05, 4.69) is 22.8 Å². The van der Waals surface area contributed by atoms with E-state index in [-0.39, 0.29) is 0 Å². The molecule has 0 saturated heterocycles. The fourth-order valence-corrected chi connectivity index (χ4v) is 2.19. The van der Waals surface area contributed by atoms with Crippen molar-refractivity contribution in [1.29, 1.82) is 0 Å². The van der Waals surface area contributed by atoms with Crippen LogP contribution in [0.3, 0.4) is 0 Å². The maximum Gasteiger partial charge on any atom is 0.0407 e. The lowest BCUT2D eigenvalue weighted by molar-refractivity contribution is 1.04. The molecule has 3 heteroatoms. The maximum absolute atomic E-state index is 5.80. The fraction of sp³-hybridized carbons (Fsp3) is 0.167. The molecule has 15 heavy (non-hydrogen) atoms. The van der Waals surface area contributed by atoms with Crippen LogP contribution >= 0.6 is 22.9 Å². The Labute approximate surface area is 98.7 Å². The van der Waals surface area contributed by atoms with Gasteiger partial charge in [-0.05, 0) is 42.1 Å². The summed E-state index contributed by atoms with van der Waals surface area (Å²) in [6.07, 6.45) is 1.07. The van der Waals surface area contributed by atoms with Crippen LogP contribution in [0, 0.1) is 0 Å². The van der Waals surface area contributed by atoms with Gasteiger partial charge >= 0.3 is 0 Å². The quantitative estimate of drug-likeness (QED) is 0.846. The minimum atomic E-state index is 0.777. The molecule has 1 aromatic carbocycles. The Hall–Kier alpha value is -0.990. The number of anilines is 1. The van der Waals surface area contributed by atoms with Crippen molar-refractivity contribution in [2.75, 3.05) is 11.9 Å². The van der Waals surface area contributed by atoms with Crippen LogP contribution in [0.2, 0.25) is 5.02 Å². The molecule has 0 aliphatic rings. The molecule has 0 unspecified atom stereocenters. The molecule has 1 N–H and O–H groups in total. The Morgan fingerprint density at radius 3 is 2.60 bits per heavy atom. The average molecular weight is 238 g/mol. The van der Waals surface area contributed by atoms with Gasteiger partial charge in [0.25, 0.3) is 0 Å². The number of hydrogen-bond donors (Lipinski definition) is 1. The van der Waals surface area contributed by atoms with E-state index in [9.17, 15) is 0 Å². The molecule has 1 nitrogen and oxygen atoms in total. The molecule has 0 aliphatic carbocycles. The SMILES string of the molecule is Clc1ccc(NCCc2cccs2)cc1. The van der Waals surface area contributed by atoms with Crippen molar-refractivity contribution in [3.63, 3.8) is 0 Å². The lowest BCUT2D eigenvalue weighted by Crippen LogP contribution is -2.03. The molecule has 0 atom stereocenters. The van der Waals surface area contributed by atoms with Crippen molar-refractivity contribution in [2.24, 2.45) is 0 Å². The van der Waals surface area contributed by atoms with Crippen molar-refractivity contribution in [1.82, 2.24) is 0 Å². The van der Waals surface area contributed by atoms with Gasteiger partial charge in [0.1, 0.15) is 0 Å². The summed E-state index contributed by atoms with van der Waals surface area (Å²) in [5.41, 5.74) is 1.12. The molecule has 1 aromatic heterocycles. The van der Waals surface area contributed by atoms with E-state index in [0.29, 0.717) is 0 Å². The third-order valence-corrected chi connectivity index (χ3v) is 3.31. The summed E-state index contributed by atoms with van der Waals surface area (Å²) in [6, 6.07) is 12.0. The number of hydrogen-bond acceptors (Lipinski definition) is 2. The Morgan fingerprint density at radius 2 is 1.93 bits per heavy atom. The highest BCUT2D eigenvalue weighted by molar-refractivity contribution is 7.09. The van der Waals surface area contributed by atoms with Crippen LogP contribution in [0.4, 0.5) is 5.69 Å². The van der Waals surface area contributed by atoms with Crippen LogP contribution in [-0.2, 0) is 6.42 Å². The van der Waals surface area contributed by atoms with Crippen molar-refractivity contribution in [2.45, 2.75) is 6.42 Å². The molecule has 2 aromatic rings. The Morgan fingerprint density at radius 1 is 1.13 bits per heavy atom. The molecule has 0 saturated carbocycles. The van der Waals surface area contributed by atoms with E-state index in [1.807, 2.05) is 24.3 Å². The standard InChI is InChI=1S/C12H12ClNS/c13-10-3-5-11(6-4-10)14-8-7-12-2-1-9-15-12/h1-6,9,14H,7-8H2. The first-order valence-corrected chi connectivity index (χ1v) is 6.12. The molecular formula is C12H12ClNS. The largest absolute Gasteiger partial charge is 0.385 e. The summed E-state index contributed by atoms with van der Waals surface area (Å²) >= 11 is 7.60. The molecule has 2 rings (SSSR count). The van der Waals surface area contributed by atoms with Crippen LogP contribution in [0.15, 0.2) is 41.8 Å². The number of benzene rings is 1. The second kappa shape index (κ2) is 5.19. The predicted octanol–water partition coefficient (Wildman–Crippen LogP) is 4.06. The molecule has 0 bridgehead atoms. The monoisotopic (exact) mass is 237 g/mol. The van der Waals surface area contributed by atoms with Gasteiger partial charge in [0, 0.05) is 22.1 Å². The van der Waals surface area contributed by atoms with Crippen molar-refractivity contribution in [3.05, 3.63) is 51.7 Å². The van der Waals surface area contributed by atoms with Crippen LogP contribution in [0.25, 0.3) is 0 Å². The minimum Gasteiger partial charge on any atom is -0.385 e. The Bertz CT molecular complexity index is 394. The summed E-state index contributed by atoms with van der Waals surface area (Å²) in [4.78, 5) is 1.41. The second-order valence-corrected chi connectivity index (χ2v) is 4.73. The third kappa shape index (κ3) is 3.26. The molecule has 0 fully saturated rings. The van der Waals surface area contributed by atoms with Gasteiger partial charge in [0.05, 0.1) is 0 Å². The minimum absolute atomic E-state index is 0.777. The summed E-state index contributed by atoms with van der Waals surface area (Å²) in [6.45, 7) is 0.960. The predicted molar refractivity (Wildman–Crippen MR) is 68.0 cm³/mol. The number of halogens is 1. The zero-order valence-electron chi connectivity index (χ0n) is 8.24. The average Bonchev–Trinajstić information content (AvgIpc) is 2.74. The zero-order valence-corrected chi connectivity index (χ0v) is 9.81. The zero-order chi connectivity index (χ0) is 10.5. The van der Waals surface area contributed by atoms with Crippen LogP contribution in [0.5, 0.6) is 0 Å². The first-order chi connectivity index (χ1) is 7.34. The summed E-state index contributed by atoms with van der Waals surface area (Å²) in [5.74, 6) is 0. The van der Waals surface area contributed by atoms with Crippen molar-refractivity contribution < 1.29 is 0 Å². The lowest BCUT2D eigenvalue weighted by Gasteiger charge is -2.04. The molecule has 0 amide bonds. The molecule has 0 aliphatic heterocycles. The first kappa shape index (κ1) is 10.5. The van der Waals surface area contributed by atoms with Gasteiger partial charge in [-0.15, -0.1) is 11.3 Å². The van der Waals surface area contributed by atoms with Gasteiger partial charge in [-0.25, -0.2) is 0 Å². The van der Waals surface area contributed by atoms with Gasteiger partial charge in [-0.1, -0.05) is 17.7 Å². The highest BCUT2D eigenvalue weighted by Gasteiger charge is 1.94. The molecule has 0 radical (unpaired) electrons. The number of nitrogens with one attached hydrogen (secondary N) is 1. The Kier molecular flexibility index (Phi) is 3.64. The second-order valence-electron chi connectivity index (χ2n) is 3.26. The Balaban J connectivity index is 1.81. The number of thiophene rings is 1. The van der Waals surface area contributed by atoms with Crippen molar-refractivity contribution in [3.8, 4) is 0 Å². The molecular weight excluding hydrogens is 226 g/mol. The summed E-state index contributed by atoms with van der Waals surface area (Å²) in [7, 11) is 0.